The zero-order valence-electron chi connectivity index (χ0n) is 12.1. The van der Waals surface area contributed by atoms with E-state index in [0.717, 1.165) is 27.6 Å². The lowest BCUT2D eigenvalue weighted by Crippen LogP contribution is -2.13. The predicted molar refractivity (Wildman–Crippen MR) is 87.3 cm³/mol. The molecule has 21 heavy (non-hydrogen) atoms. The summed E-state index contributed by atoms with van der Waals surface area (Å²) >= 11 is 1.69. The van der Waals surface area contributed by atoms with Crippen LogP contribution < -0.4 is 10.1 Å². The summed E-state index contributed by atoms with van der Waals surface area (Å²) in [6.07, 6.45) is 0. The highest BCUT2D eigenvalue weighted by atomic mass is 32.1. The lowest BCUT2D eigenvalue weighted by atomic mass is 10.3. The van der Waals surface area contributed by atoms with E-state index in [1.807, 2.05) is 37.3 Å². The highest BCUT2D eigenvalue weighted by molar-refractivity contribution is 7.18. The molecule has 1 aromatic carbocycles. The topological polar surface area (TPSA) is 47.0 Å². The Balaban J connectivity index is 1.65. The number of fused-ring (bicyclic) bond motifs is 1. The minimum Gasteiger partial charge on any atom is -0.492 e. The van der Waals surface area contributed by atoms with Gasteiger partial charge in [0.25, 0.3) is 0 Å². The number of para-hydroxylation sites is 1. The van der Waals surface area contributed by atoms with Crippen LogP contribution in [-0.4, -0.2) is 23.1 Å². The van der Waals surface area contributed by atoms with Crippen molar-refractivity contribution in [3.63, 3.8) is 0 Å². The van der Waals surface area contributed by atoms with Gasteiger partial charge in [0.15, 0.2) is 0 Å². The summed E-state index contributed by atoms with van der Waals surface area (Å²) in [4.78, 5) is 11.2. The zero-order valence-corrected chi connectivity index (χ0v) is 12.9. The van der Waals surface area contributed by atoms with Crippen LogP contribution in [0, 0.1) is 13.8 Å². The molecular weight excluding hydrogens is 282 g/mol. The molecule has 0 aliphatic carbocycles. The smallest absolute Gasteiger partial charge is 0.138 e. The van der Waals surface area contributed by atoms with Crippen molar-refractivity contribution in [1.29, 1.82) is 0 Å². The van der Waals surface area contributed by atoms with Gasteiger partial charge in [-0.1, -0.05) is 18.2 Å². The minimum absolute atomic E-state index is 0.595. The normalized spacial score (nSPS) is 10.8. The van der Waals surface area contributed by atoms with Crippen LogP contribution in [0.5, 0.6) is 5.75 Å². The zero-order chi connectivity index (χ0) is 14.7. The molecule has 0 fully saturated rings. The molecule has 1 N–H and O–H groups in total. The predicted octanol–water partition coefficient (Wildman–Crippen LogP) is 3.80. The summed E-state index contributed by atoms with van der Waals surface area (Å²) in [7, 11) is 0. The maximum absolute atomic E-state index is 5.67. The summed E-state index contributed by atoms with van der Waals surface area (Å²) in [5, 5.41) is 4.43. The molecule has 0 saturated heterocycles. The third kappa shape index (κ3) is 3.31. The van der Waals surface area contributed by atoms with Gasteiger partial charge >= 0.3 is 0 Å². The third-order valence-electron chi connectivity index (χ3n) is 3.03. The maximum Gasteiger partial charge on any atom is 0.138 e. The van der Waals surface area contributed by atoms with Crippen molar-refractivity contribution in [2.24, 2.45) is 0 Å². The fraction of sp³-hybridized carbons (Fsp3) is 0.250. The van der Waals surface area contributed by atoms with Gasteiger partial charge in [0, 0.05) is 4.88 Å². The van der Waals surface area contributed by atoms with Crippen LogP contribution in [0.15, 0.2) is 36.4 Å². The molecule has 3 aromatic rings. The van der Waals surface area contributed by atoms with E-state index in [0.29, 0.717) is 13.2 Å². The average molecular weight is 299 g/mol. The molecule has 2 aromatic heterocycles. The fourth-order valence-corrected chi connectivity index (χ4v) is 3.06. The van der Waals surface area contributed by atoms with Crippen molar-refractivity contribution < 1.29 is 4.74 Å². The number of nitrogens with zero attached hydrogens (tertiary/aromatic N) is 2. The molecular formula is C16H17N3OS. The minimum atomic E-state index is 0.595. The Bertz CT molecular complexity index is 740. The largest absolute Gasteiger partial charge is 0.492 e. The first-order valence-electron chi connectivity index (χ1n) is 6.89. The number of rotatable bonds is 5. The monoisotopic (exact) mass is 299 g/mol. The lowest BCUT2D eigenvalue weighted by molar-refractivity contribution is 0.333. The number of aromatic nitrogens is 2. The summed E-state index contributed by atoms with van der Waals surface area (Å²) in [6, 6.07) is 11.9. The maximum atomic E-state index is 5.67. The summed E-state index contributed by atoms with van der Waals surface area (Å²) < 4.78 is 5.67. The fourth-order valence-electron chi connectivity index (χ4n) is 2.14. The van der Waals surface area contributed by atoms with E-state index < -0.39 is 0 Å². The molecule has 0 aliphatic rings. The van der Waals surface area contributed by atoms with E-state index in [9.17, 15) is 0 Å². The lowest BCUT2D eigenvalue weighted by Gasteiger charge is -2.09. The first kappa shape index (κ1) is 13.8. The van der Waals surface area contributed by atoms with E-state index in [1.54, 1.807) is 11.3 Å². The Morgan fingerprint density at radius 2 is 1.95 bits per heavy atom. The van der Waals surface area contributed by atoms with Gasteiger partial charge in [0.05, 0.1) is 11.9 Å². The first-order valence-corrected chi connectivity index (χ1v) is 7.70. The van der Waals surface area contributed by atoms with Gasteiger partial charge in [-0.15, -0.1) is 11.3 Å². The second-order valence-electron chi connectivity index (χ2n) is 4.78. The van der Waals surface area contributed by atoms with Gasteiger partial charge in [-0.2, -0.15) is 0 Å². The standard InChI is InChI=1S/C16H17N3OS/c1-11-10-14-15(18-12(2)19-16(14)21-11)17-8-9-20-13-6-4-3-5-7-13/h3-7,10H,8-9H2,1-2H3,(H,17,18,19). The third-order valence-corrected chi connectivity index (χ3v) is 3.98. The highest BCUT2D eigenvalue weighted by Gasteiger charge is 2.08. The Morgan fingerprint density at radius 3 is 2.76 bits per heavy atom. The van der Waals surface area contributed by atoms with Gasteiger partial charge < -0.3 is 10.1 Å². The Hall–Kier alpha value is -2.14. The van der Waals surface area contributed by atoms with E-state index in [2.05, 4.69) is 28.3 Å². The van der Waals surface area contributed by atoms with Crippen LogP contribution in [0.2, 0.25) is 0 Å². The molecule has 0 aliphatic heterocycles. The molecule has 0 bridgehead atoms. The number of benzene rings is 1. The molecule has 108 valence electrons. The number of nitrogens with one attached hydrogen (secondary N) is 1. The van der Waals surface area contributed by atoms with Crippen LogP contribution in [0.3, 0.4) is 0 Å². The van der Waals surface area contributed by atoms with Gasteiger partial charge in [-0.05, 0) is 32.0 Å². The van der Waals surface area contributed by atoms with Crippen molar-refractivity contribution in [2.45, 2.75) is 13.8 Å². The number of aryl methyl sites for hydroxylation is 2. The first-order chi connectivity index (χ1) is 10.2. The second kappa shape index (κ2) is 6.10. The van der Waals surface area contributed by atoms with Crippen LogP contribution in [0.1, 0.15) is 10.7 Å². The Labute approximate surface area is 127 Å². The van der Waals surface area contributed by atoms with E-state index >= 15 is 0 Å². The van der Waals surface area contributed by atoms with E-state index in [4.69, 9.17) is 4.74 Å². The Morgan fingerprint density at radius 1 is 1.14 bits per heavy atom. The molecule has 3 rings (SSSR count). The van der Waals surface area contributed by atoms with Gasteiger partial charge in [0.2, 0.25) is 0 Å². The molecule has 0 unspecified atom stereocenters. The van der Waals surface area contributed by atoms with Crippen LogP contribution in [0.4, 0.5) is 5.82 Å². The van der Waals surface area contributed by atoms with E-state index in [-0.39, 0.29) is 0 Å². The summed E-state index contributed by atoms with van der Waals surface area (Å²) in [6.45, 7) is 5.30. The molecule has 4 nitrogen and oxygen atoms in total. The molecule has 0 radical (unpaired) electrons. The SMILES string of the molecule is Cc1nc(NCCOc2ccccc2)c2cc(C)sc2n1. The number of thiophene rings is 1. The average Bonchev–Trinajstić information content (AvgIpc) is 2.84. The number of hydrogen-bond acceptors (Lipinski definition) is 5. The van der Waals surface area contributed by atoms with Gasteiger partial charge in [-0.25, -0.2) is 9.97 Å². The van der Waals surface area contributed by atoms with Gasteiger partial charge in [0.1, 0.15) is 28.8 Å². The summed E-state index contributed by atoms with van der Waals surface area (Å²) in [5.74, 6) is 2.56. The molecule has 0 amide bonds. The summed E-state index contributed by atoms with van der Waals surface area (Å²) in [5.41, 5.74) is 0. The molecule has 0 spiro atoms. The van der Waals surface area contributed by atoms with Crippen molar-refractivity contribution in [2.75, 3.05) is 18.5 Å². The van der Waals surface area contributed by atoms with Crippen LogP contribution in [-0.2, 0) is 0 Å². The van der Waals surface area contributed by atoms with Gasteiger partial charge in [-0.3, -0.25) is 0 Å². The highest BCUT2D eigenvalue weighted by Crippen LogP contribution is 2.28. The second-order valence-corrected chi connectivity index (χ2v) is 6.02. The van der Waals surface area contributed by atoms with Crippen LogP contribution >= 0.6 is 11.3 Å². The molecule has 0 saturated carbocycles. The molecule has 5 heteroatoms. The number of ether oxygens (including phenoxy) is 1. The quantitative estimate of drug-likeness (QED) is 0.728. The molecule has 0 atom stereocenters. The number of anilines is 1. The number of hydrogen-bond donors (Lipinski definition) is 1. The van der Waals surface area contributed by atoms with Crippen molar-refractivity contribution in [1.82, 2.24) is 9.97 Å². The van der Waals surface area contributed by atoms with Crippen LogP contribution in [0.25, 0.3) is 10.2 Å². The van der Waals surface area contributed by atoms with Crippen molar-refractivity contribution >= 4 is 27.4 Å². The molecule has 2 heterocycles. The van der Waals surface area contributed by atoms with E-state index in [1.165, 1.54) is 4.88 Å². The van der Waals surface area contributed by atoms with Crippen molar-refractivity contribution in [3.05, 3.63) is 47.1 Å². The van der Waals surface area contributed by atoms with Crippen molar-refractivity contribution in [3.8, 4) is 5.75 Å². The Kier molecular flexibility index (Phi) is 4.01.